The number of ether oxygens (including phenoxy) is 1. The molecule has 5 unspecified atom stereocenters. The van der Waals surface area contributed by atoms with E-state index in [1.54, 1.807) is 5.57 Å². The van der Waals surface area contributed by atoms with Gasteiger partial charge in [0, 0.05) is 31.7 Å². The highest BCUT2D eigenvalue weighted by Crippen LogP contribution is 2.72. The van der Waals surface area contributed by atoms with Gasteiger partial charge in [-0.1, -0.05) is 46.3 Å². The van der Waals surface area contributed by atoms with Crippen molar-refractivity contribution in [3.05, 3.63) is 23.3 Å². The monoisotopic (exact) mass is 682 g/mol. The van der Waals surface area contributed by atoms with Gasteiger partial charge in [0.2, 0.25) is 0 Å². The second-order valence-corrected chi connectivity index (χ2v) is 21.2. The van der Waals surface area contributed by atoms with Crippen LogP contribution >= 0.6 is 0 Å². The van der Waals surface area contributed by atoms with Gasteiger partial charge >= 0.3 is 5.97 Å². The lowest BCUT2D eigenvalue weighted by Crippen LogP contribution is -2.64. The zero-order valence-corrected chi connectivity index (χ0v) is 32.0. The average molecular weight is 683 g/mol. The van der Waals surface area contributed by atoms with Crippen molar-refractivity contribution >= 4 is 15.8 Å². The van der Waals surface area contributed by atoms with Gasteiger partial charge in [0.05, 0.1) is 23.5 Å². The number of rotatable bonds is 7. The van der Waals surface area contributed by atoms with Crippen molar-refractivity contribution in [1.82, 2.24) is 10.2 Å². The largest absolute Gasteiger partial charge is 0.466 e. The molecule has 48 heavy (non-hydrogen) atoms. The number of carbonyl (C=O) groups is 1. The Bertz CT molecular complexity index is 1420. The van der Waals surface area contributed by atoms with Crippen LogP contribution < -0.4 is 5.32 Å². The van der Waals surface area contributed by atoms with Crippen molar-refractivity contribution in [2.75, 3.05) is 44.3 Å². The van der Waals surface area contributed by atoms with E-state index in [0.717, 1.165) is 56.0 Å². The fourth-order valence-electron chi connectivity index (χ4n) is 13.8. The molecular weight excluding hydrogens is 617 g/mol. The van der Waals surface area contributed by atoms with Crippen LogP contribution in [0.2, 0.25) is 0 Å². The summed E-state index contributed by atoms with van der Waals surface area (Å²) in [6.45, 7) is 18.4. The first-order valence-electron chi connectivity index (χ1n) is 19.9. The summed E-state index contributed by atoms with van der Waals surface area (Å²) in [5.74, 6) is 4.59. The van der Waals surface area contributed by atoms with Gasteiger partial charge in [0.1, 0.15) is 0 Å². The third kappa shape index (κ3) is 5.71. The number of allylic oxidation sites excluding steroid dienone is 4. The molecule has 7 rings (SSSR count). The van der Waals surface area contributed by atoms with E-state index >= 15 is 0 Å². The summed E-state index contributed by atoms with van der Waals surface area (Å²) in [5.41, 5.74) is 3.91. The standard InChI is InChI=1S/C41H66N2O4S/c1-7-47-36(44)38(4)18-12-29(13-19-38)31-14-20-40(6)34(37(31,2)3)16-21-39(5)32-15-22-41(17-8-9-33(41)30(32)10-11-35(39)40)42-23-24-43-25-27-48(45,46)28-26-43/h12,14,30,32-35,42H,7-11,13,15-28H2,1-6H3/t30-,32?,33?,34?,35?,38?,39-,40-,41-/m0/s1. The molecule has 0 amide bonds. The van der Waals surface area contributed by atoms with E-state index in [-0.39, 0.29) is 16.8 Å². The minimum absolute atomic E-state index is 0.0303. The smallest absolute Gasteiger partial charge is 0.312 e. The van der Waals surface area contributed by atoms with Crippen LogP contribution in [0.1, 0.15) is 125 Å². The molecule has 1 N–H and O–H groups in total. The van der Waals surface area contributed by atoms with E-state index in [1.165, 1.54) is 69.8 Å². The maximum Gasteiger partial charge on any atom is 0.312 e. The first-order chi connectivity index (χ1) is 22.7. The van der Waals surface area contributed by atoms with Crippen LogP contribution in [-0.4, -0.2) is 69.1 Å². The molecule has 9 atom stereocenters. The van der Waals surface area contributed by atoms with Gasteiger partial charge in [-0.2, -0.15) is 0 Å². The summed E-state index contributed by atoms with van der Waals surface area (Å²) in [6.07, 6.45) is 21.2. The van der Waals surface area contributed by atoms with E-state index in [1.807, 2.05) is 6.92 Å². The molecule has 1 saturated heterocycles. The SMILES string of the molecule is CCOC(=O)C1(C)CC=C(C2=CC[C@@]3(C)C(CC[C@@]4(C)C5CC[C@@]6(NCCN7CCS(=O)(=O)CC7)CCCC6[C@H]5CCC43)C2(C)C)CC1. The highest BCUT2D eigenvalue weighted by molar-refractivity contribution is 7.91. The van der Waals surface area contributed by atoms with E-state index in [0.29, 0.717) is 53.5 Å². The molecule has 270 valence electrons. The molecule has 6 nitrogen and oxygen atoms in total. The molecule has 0 aromatic rings. The Labute approximate surface area is 292 Å². The molecule has 1 aliphatic heterocycles. The van der Waals surface area contributed by atoms with Crippen molar-refractivity contribution in [2.45, 2.75) is 131 Å². The second-order valence-electron chi connectivity index (χ2n) is 18.9. The van der Waals surface area contributed by atoms with Gasteiger partial charge in [-0.3, -0.25) is 4.79 Å². The molecule has 0 bridgehead atoms. The predicted molar refractivity (Wildman–Crippen MR) is 194 cm³/mol. The topological polar surface area (TPSA) is 75.7 Å². The van der Waals surface area contributed by atoms with Crippen LogP contribution in [0.3, 0.4) is 0 Å². The number of hydrogen-bond acceptors (Lipinski definition) is 6. The number of sulfone groups is 1. The van der Waals surface area contributed by atoms with Crippen LogP contribution in [0.15, 0.2) is 23.3 Å². The molecular formula is C41H66N2O4S. The van der Waals surface area contributed by atoms with Gasteiger partial charge in [-0.15, -0.1) is 0 Å². The Morgan fingerprint density at radius 3 is 2.35 bits per heavy atom. The lowest BCUT2D eigenvalue weighted by molar-refractivity contribution is -0.175. The normalized spacial score (nSPS) is 45.1. The minimum atomic E-state index is -2.82. The summed E-state index contributed by atoms with van der Waals surface area (Å²) in [6, 6.07) is 0. The number of fused-ring (bicyclic) bond motifs is 7. The van der Waals surface area contributed by atoms with Crippen molar-refractivity contribution in [3.63, 3.8) is 0 Å². The third-order valence-electron chi connectivity index (χ3n) is 16.3. The van der Waals surface area contributed by atoms with E-state index in [9.17, 15) is 13.2 Å². The molecule has 0 radical (unpaired) electrons. The Morgan fingerprint density at radius 2 is 1.65 bits per heavy atom. The molecule has 7 aliphatic rings. The number of carbonyl (C=O) groups excluding carboxylic acids is 1. The summed E-state index contributed by atoms with van der Waals surface area (Å²) in [5, 5.41) is 4.17. The molecule has 5 fully saturated rings. The quantitative estimate of drug-likeness (QED) is 0.277. The first-order valence-corrected chi connectivity index (χ1v) is 21.7. The zero-order valence-electron chi connectivity index (χ0n) is 31.2. The number of nitrogens with one attached hydrogen (secondary N) is 1. The Hall–Kier alpha value is -1.18. The van der Waals surface area contributed by atoms with Gasteiger partial charge in [-0.25, -0.2) is 8.42 Å². The maximum absolute atomic E-state index is 12.7. The van der Waals surface area contributed by atoms with Crippen LogP contribution in [0.5, 0.6) is 0 Å². The molecule has 0 aromatic heterocycles. The zero-order chi connectivity index (χ0) is 34.2. The first kappa shape index (κ1) is 35.2. The molecule has 1 heterocycles. The van der Waals surface area contributed by atoms with Crippen molar-refractivity contribution in [2.24, 2.45) is 51.2 Å². The Balaban J connectivity index is 1.05. The van der Waals surface area contributed by atoms with Gasteiger partial charge in [0.25, 0.3) is 0 Å². The summed E-state index contributed by atoms with van der Waals surface area (Å²) >= 11 is 0. The fourth-order valence-corrected chi connectivity index (χ4v) is 15.1. The average Bonchev–Trinajstić information content (AvgIpc) is 3.47. The number of hydrogen-bond donors (Lipinski definition) is 1. The van der Waals surface area contributed by atoms with Crippen LogP contribution in [0.4, 0.5) is 0 Å². The third-order valence-corrected chi connectivity index (χ3v) is 17.9. The Kier molecular flexibility index (Phi) is 9.17. The number of nitrogens with zero attached hydrogens (tertiary/aromatic N) is 1. The summed E-state index contributed by atoms with van der Waals surface area (Å²) < 4.78 is 29.3. The molecule has 6 aliphatic carbocycles. The fraction of sp³-hybridized carbons (Fsp3) is 0.878. The lowest BCUT2D eigenvalue weighted by atomic mass is 9.37. The molecule has 4 saturated carbocycles. The van der Waals surface area contributed by atoms with Crippen LogP contribution in [0, 0.1) is 51.2 Å². The highest BCUT2D eigenvalue weighted by Gasteiger charge is 2.65. The van der Waals surface area contributed by atoms with Crippen molar-refractivity contribution < 1.29 is 17.9 Å². The van der Waals surface area contributed by atoms with E-state index < -0.39 is 9.84 Å². The lowest BCUT2D eigenvalue weighted by Gasteiger charge is -2.68. The second kappa shape index (κ2) is 12.5. The summed E-state index contributed by atoms with van der Waals surface area (Å²) in [4.78, 5) is 15.1. The van der Waals surface area contributed by atoms with Crippen LogP contribution in [0.25, 0.3) is 0 Å². The van der Waals surface area contributed by atoms with Crippen molar-refractivity contribution in [3.8, 4) is 0 Å². The van der Waals surface area contributed by atoms with E-state index in [4.69, 9.17) is 4.74 Å². The Morgan fingerprint density at radius 1 is 0.875 bits per heavy atom. The molecule has 7 heteroatoms. The van der Waals surface area contributed by atoms with Crippen molar-refractivity contribution in [1.29, 1.82) is 0 Å². The van der Waals surface area contributed by atoms with Gasteiger partial charge in [0.15, 0.2) is 9.84 Å². The molecule has 0 spiro atoms. The number of esters is 1. The van der Waals surface area contributed by atoms with Gasteiger partial charge in [-0.05, 0) is 148 Å². The minimum Gasteiger partial charge on any atom is -0.466 e. The molecule has 0 aromatic carbocycles. The van der Waals surface area contributed by atoms with E-state index in [2.05, 4.69) is 57.0 Å². The maximum atomic E-state index is 12.7. The highest BCUT2D eigenvalue weighted by atomic mass is 32.2. The predicted octanol–water partition coefficient (Wildman–Crippen LogP) is 7.74. The van der Waals surface area contributed by atoms with Gasteiger partial charge < -0.3 is 15.0 Å². The van der Waals surface area contributed by atoms with Crippen LogP contribution in [-0.2, 0) is 19.4 Å². The summed E-state index contributed by atoms with van der Waals surface area (Å²) in [7, 11) is -2.82.